The van der Waals surface area contributed by atoms with Crippen LogP contribution in [0.1, 0.15) is 52.4 Å². The van der Waals surface area contributed by atoms with E-state index < -0.39 is 11.9 Å². The van der Waals surface area contributed by atoms with Crippen LogP contribution in [0.4, 0.5) is 5.95 Å². The van der Waals surface area contributed by atoms with Gasteiger partial charge >= 0.3 is 0 Å². The summed E-state index contributed by atoms with van der Waals surface area (Å²) in [4.78, 5) is 44.4. The number of carbonyl (C=O) groups excluding carboxylic acids is 1. The van der Waals surface area contributed by atoms with Crippen molar-refractivity contribution in [3.63, 3.8) is 0 Å². The number of nitrogens with two attached hydrogens (primary N) is 1. The Labute approximate surface area is 218 Å². The molecule has 0 radical (unpaired) electrons. The van der Waals surface area contributed by atoms with Crippen LogP contribution in [0, 0.1) is 5.92 Å². The Morgan fingerprint density at radius 3 is 2.08 bits per heavy atom. The molecule has 12 heteroatoms. The van der Waals surface area contributed by atoms with E-state index in [9.17, 15) is 4.79 Å². The average Bonchev–Trinajstić information content (AvgIpc) is 3.07. The molecule has 208 valence electrons. The van der Waals surface area contributed by atoms with Gasteiger partial charge in [0, 0.05) is 83.8 Å². The number of likely N-dealkylation sites (tertiary alicyclic amines) is 1. The number of carbonyl (C=O) groups is 3. The molecular formula is C25H42N6O6. The van der Waals surface area contributed by atoms with Crippen molar-refractivity contribution < 1.29 is 29.3 Å². The van der Waals surface area contributed by atoms with Crippen molar-refractivity contribution >= 4 is 23.8 Å². The van der Waals surface area contributed by atoms with Crippen LogP contribution in [0.15, 0.2) is 18.5 Å². The van der Waals surface area contributed by atoms with Gasteiger partial charge in [-0.2, -0.15) is 0 Å². The summed E-state index contributed by atoms with van der Waals surface area (Å²) in [5.41, 5.74) is 6.33. The Bertz CT molecular complexity index is 810. The van der Waals surface area contributed by atoms with E-state index in [1.807, 2.05) is 6.07 Å². The highest BCUT2D eigenvalue weighted by atomic mass is 16.5. The molecule has 0 unspecified atom stereocenters. The first-order valence-electron chi connectivity index (χ1n) is 12.9. The fraction of sp³-hybridized carbons (Fsp3) is 0.720. The van der Waals surface area contributed by atoms with Crippen molar-refractivity contribution in [2.24, 2.45) is 11.7 Å². The van der Waals surface area contributed by atoms with Crippen LogP contribution in [-0.2, 0) is 19.1 Å². The second-order valence-electron chi connectivity index (χ2n) is 9.69. The van der Waals surface area contributed by atoms with Crippen LogP contribution in [-0.4, -0.2) is 100 Å². The summed E-state index contributed by atoms with van der Waals surface area (Å²) in [6, 6.07) is 2.72. The monoisotopic (exact) mass is 522 g/mol. The summed E-state index contributed by atoms with van der Waals surface area (Å²) in [7, 11) is 0. The molecule has 12 nitrogen and oxygen atoms in total. The highest BCUT2D eigenvalue weighted by Gasteiger charge is 2.33. The summed E-state index contributed by atoms with van der Waals surface area (Å²) in [6.45, 7) is 7.26. The van der Waals surface area contributed by atoms with Gasteiger partial charge in [0.15, 0.2) is 0 Å². The molecule has 3 fully saturated rings. The Hall–Kier alpha value is -2.83. The number of rotatable bonds is 4. The van der Waals surface area contributed by atoms with Gasteiger partial charge in [0.25, 0.3) is 11.9 Å². The molecule has 3 saturated heterocycles. The zero-order valence-electron chi connectivity index (χ0n) is 21.9. The second-order valence-corrected chi connectivity index (χ2v) is 9.69. The molecule has 1 aromatic heterocycles. The number of carboxylic acids is 2. The maximum Gasteiger partial charge on any atom is 0.300 e. The van der Waals surface area contributed by atoms with E-state index in [1.165, 1.54) is 0 Å². The number of aliphatic carboxylic acids is 2. The molecule has 4 heterocycles. The van der Waals surface area contributed by atoms with E-state index in [0.717, 1.165) is 97.7 Å². The van der Waals surface area contributed by atoms with Crippen LogP contribution in [0.2, 0.25) is 0 Å². The molecule has 4 rings (SSSR count). The first-order valence-corrected chi connectivity index (χ1v) is 12.9. The zero-order valence-corrected chi connectivity index (χ0v) is 21.9. The lowest BCUT2D eigenvalue weighted by Crippen LogP contribution is -2.50. The number of amides is 1. The SMILES string of the molecule is CC(=O)O.CC(=O)O.N[C@H]1CC[C@@H](C(=O)NC2CCN(c3ncccn3)CC2)CN(C2CCOCC2)C1. The summed E-state index contributed by atoms with van der Waals surface area (Å²) in [5, 5.41) is 18.2. The number of hydrogen-bond acceptors (Lipinski definition) is 9. The molecular weight excluding hydrogens is 480 g/mol. The Morgan fingerprint density at radius 1 is 0.946 bits per heavy atom. The number of carboxylic acid groups (broad SMARTS) is 2. The average molecular weight is 523 g/mol. The van der Waals surface area contributed by atoms with Gasteiger partial charge in [-0.15, -0.1) is 0 Å². The van der Waals surface area contributed by atoms with Crippen molar-refractivity contribution in [2.45, 2.75) is 70.5 Å². The summed E-state index contributed by atoms with van der Waals surface area (Å²) < 4.78 is 5.51. The molecule has 0 saturated carbocycles. The largest absolute Gasteiger partial charge is 0.481 e. The van der Waals surface area contributed by atoms with Gasteiger partial charge in [0.1, 0.15) is 0 Å². The molecule has 0 bridgehead atoms. The van der Waals surface area contributed by atoms with E-state index in [-0.39, 0.29) is 23.9 Å². The van der Waals surface area contributed by atoms with Crippen molar-refractivity contribution in [1.82, 2.24) is 20.2 Å². The summed E-state index contributed by atoms with van der Waals surface area (Å²) >= 11 is 0. The minimum atomic E-state index is -0.833. The molecule has 0 aliphatic carbocycles. The quantitative estimate of drug-likeness (QED) is 0.444. The molecule has 37 heavy (non-hydrogen) atoms. The van der Waals surface area contributed by atoms with E-state index in [1.54, 1.807) is 12.4 Å². The first kappa shape index (κ1) is 30.4. The lowest BCUT2D eigenvalue weighted by Gasteiger charge is -2.36. The van der Waals surface area contributed by atoms with Gasteiger partial charge in [-0.1, -0.05) is 0 Å². The van der Waals surface area contributed by atoms with Gasteiger partial charge in [-0.05, 0) is 44.6 Å². The summed E-state index contributed by atoms with van der Waals surface area (Å²) in [6.07, 6.45) is 9.29. The number of hydrogen-bond donors (Lipinski definition) is 4. The van der Waals surface area contributed by atoms with Crippen molar-refractivity contribution in [2.75, 3.05) is 44.3 Å². The maximum atomic E-state index is 13.1. The standard InChI is InChI=1S/C21H34N6O2.2C2H4O2/c22-17-3-2-16(14-27(15-17)19-6-12-29-13-7-19)20(28)25-18-4-10-26(11-5-18)21-23-8-1-9-24-21;2*1-2(3)4/h1,8-9,16-19H,2-7,10-15,22H2,(H,25,28);2*1H3,(H,3,4)/t16-,17+;;/m1../s1. The molecule has 2 atom stereocenters. The van der Waals surface area contributed by atoms with Gasteiger partial charge in [-0.3, -0.25) is 19.3 Å². The molecule has 5 N–H and O–H groups in total. The van der Waals surface area contributed by atoms with Gasteiger partial charge in [-0.25, -0.2) is 9.97 Å². The molecule has 3 aliphatic heterocycles. The maximum absolute atomic E-state index is 13.1. The number of anilines is 1. The van der Waals surface area contributed by atoms with Crippen molar-refractivity contribution in [1.29, 1.82) is 0 Å². The third kappa shape index (κ3) is 11.8. The van der Waals surface area contributed by atoms with Crippen molar-refractivity contribution in [3.8, 4) is 0 Å². The third-order valence-electron chi connectivity index (χ3n) is 6.56. The van der Waals surface area contributed by atoms with Crippen LogP contribution in [0.25, 0.3) is 0 Å². The van der Waals surface area contributed by atoms with Crippen LogP contribution in [0.5, 0.6) is 0 Å². The Kier molecular flexibility index (Phi) is 13.2. The molecule has 1 aromatic rings. The molecule has 1 amide bonds. The lowest BCUT2D eigenvalue weighted by atomic mass is 9.98. The predicted octanol–water partition coefficient (Wildman–Crippen LogP) is 0.962. The minimum absolute atomic E-state index is 0.0295. The van der Waals surface area contributed by atoms with Crippen LogP contribution < -0.4 is 16.0 Å². The second kappa shape index (κ2) is 16.1. The van der Waals surface area contributed by atoms with Crippen molar-refractivity contribution in [3.05, 3.63) is 18.5 Å². The number of nitrogens with zero attached hydrogens (tertiary/aromatic N) is 4. The number of aromatic nitrogens is 2. The van der Waals surface area contributed by atoms with E-state index >= 15 is 0 Å². The lowest BCUT2D eigenvalue weighted by molar-refractivity contribution is -0.135. The van der Waals surface area contributed by atoms with Gasteiger partial charge in [0.2, 0.25) is 11.9 Å². The Morgan fingerprint density at radius 2 is 1.51 bits per heavy atom. The number of ether oxygens (including phenoxy) is 1. The fourth-order valence-corrected chi connectivity index (χ4v) is 4.82. The van der Waals surface area contributed by atoms with Crippen LogP contribution in [0.3, 0.4) is 0 Å². The van der Waals surface area contributed by atoms with E-state index in [4.69, 9.17) is 30.3 Å². The van der Waals surface area contributed by atoms with Gasteiger partial charge < -0.3 is 30.9 Å². The predicted molar refractivity (Wildman–Crippen MR) is 138 cm³/mol. The van der Waals surface area contributed by atoms with E-state index in [0.29, 0.717) is 6.04 Å². The number of piperidine rings is 1. The topological polar surface area (TPSA) is 171 Å². The smallest absolute Gasteiger partial charge is 0.300 e. The normalized spacial score (nSPS) is 23.4. The highest BCUT2D eigenvalue weighted by molar-refractivity contribution is 5.79. The fourth-order valence-electron chi connectivity index (χ4n) is 4.82. The zero-order chi connectivity index (χ0) is 27.2. The van der Waals surface area contributed by atoms with E-state index in [2.05, 4.69) is 25.1 Å². The first-order chi connectivity index (χ1) is 17.7. The molecule has 3 aliphatic rings. The number of nitrogens with one attached hydrogen (secondary N) is 1. The summed E-state index contributed by atoms with van der Waals surface area (Å²) in [5.74, 6) is -0.658. The Balaban J connectivity index is 0.000000530. The minimum Gasteiger partial charge on any atom is -0.481 e. The third-order valence-corrected chi connectivity index (χ3v) is 6.56. The highest BCUT2D eigenvalue weighted by Crippen LogP contribution is 2.23. The van der Waals surface area contributed by atoms with Crippen LogP contribution >= 0.6 is 0 Å². The molecule has 0 spiro atoms. The van der Waals surface area contributed by atoms with Gasteiger partial charge in [0.05, 0.1) is 5.92 Å². The molecule has 0 aromatic carbocycles.